The summed E-state index contributed by atoms with van der Waals surface area (Å²) in [6.45, 7) is 0. The van der Waals surface area contributed by atoms with Crippen molar-refractivity contribution in [2.45, 2.75) is 0 Å². The van der Waals surface area contributed by atoms with E-state index in [0.717, 1.165) is 33.8 Å². The first kappa shape index (κ1) is 24.5. The minimum Gasteiger partial charge on any atom is -0.455 e. The van der Waals surface area contributed by atoms with Gasteiger partial charge in [-0.1, -0.05) is 97.1 Å². The van der Waals surface area contributed by atoms with Gasteiger partial charge in [0.15, 0.2) is 11.5 Å². The van der Waals surface area contributed by atoms with Gasteiger partial charge in [0.05, 0.1) is 11.4 Å². The Hall–Kier alpha value is -5.22. The van der Waals surface area contributed by atoms with Crippen LogP contribution in [0.2, 0.25) is 0 Å². The second-order valence-electron chi connectivity index (χ2n) is 8.76. The van der Waals surface area contributed by atoms with E-state index in [4.69, 9.17) is 20.9 Å². The quantitative estimate of drug-likeness (QED) is 0.166. The summed E-state index contributed by atoms with van der Waals surface area (Å²) in [7, 11) is 0. The van der Waals surface area contributed by atoms with Gasteiger partial charge in [-0.05, 0) is 70.8 Å². The molecule has 0 atom stereocenters. The van der Waals surface area contributed by atoms with E-state index in [2.05, 4.69) is 36.4 Å². The zero-order valence-electron chi connectivity index (χ0n) is 20.8. The third-order valence-corrected chi connectivity index (χ3v) is 5.89. The smallest absolute Gasteiger partial charge is 0.150 e. The summed E-state index contributed by atoms with van der Waals surface area (Å²) in [5.41, 5.74) is 17.6. The number of hydrogen-bond donors (Lipinski definition) is 2. The maximum atomic E-state index is 6.11. The van der Waals surface area contributed by atoms with E-state index in [9.17, 15) is 0 Å². The SMILES string of the molecule is Nc1ccc(/C=C\c2ccc(/C=C\c3ccc(N)c(Oc4ccccc4)c3)cc2)cc1Oc1ccccc1. The molecule has 0 bridgehead atoms. The number of rotatable bonds is 8. The Morgan fingerprint density at radius 1 is 0.395 bits per heavy atom. The Bertz CT molecular complexity index is 1440. The average Bonchev–Trinajstić information content (AvgIpc) is 2.95. The Labute approximate surface area is 223 Å². The molecule has 5 rings (SSSR count). The van der Waals surface area contributed by atoms with Crippen molar-refractivity contribution in [3.05, 3.63) is 144 Å². The molecule has 0 aliphatic rings. The summed E-state index contributed by atoms with van der Waals surface area (Å²) in [6, 6.07) is 39.1. The van der Waals surface area contributed by atoms with E-state index in [1.807, 2.05) is 109 Å². The van der Waals surface area contributed by atoms with Crippen LogP contribution in [0.1, 0.15) is 22.3 Å². The topological polar surface area (TPSA) is 70.5 Å². The fraction of sp³-hybridized carbons (Fsp3) is 0. The zero-order valence-corrected chi connectivity index (χ0v) is 20.8. The van der Waals surface area contributed by atoms with Crippen molar-refractivity contribution in [2.75, 3.05) is 11.5 Å². The molecule has 5 aromatic rings. The maximum Gasteiger partial charge on any atom is 0.150 e. The summed E-state index contributed by atoms with van der Waals surface area (Å²) >= 11 is 0. The van der Waals surface area contributed by atoms with E-state index < -0.39 is 0 Å². The highest BCUT2D eigenvalue weighted by atomic mass is 16.5. The zero-order chi connectivity index (χ0) is 26.2. The maximum absolute atomic E-state index is 6.11. The van der Waals surface area contributed by atoms with Crippen molar-refractivity contribution in [3.63, 3.8) is 0 Å². The Morgan fingerprint density at radius 2 is 0.737 bits per heavy atom. The molecule has 38 heavy (non-hydrogen) atoms. The monoisotopic (exact) mass is 496 g/mol. The van der Waals surface area contributed by atoms with Gasteiger partial charge in [-0.15, -0.1) is 0 Å². The third kappa shape index (κ3) is 6.50. The standard InChI is InChI=1S/C34H28N2O2/c35-31-21-19-27(23-33(31)37-29-7-3-1-4-8-29)17-15-25-11-13-26(14-12-25)16-18-28-20-22-32(36)34(24-28)38-30-9-5-2-6-10-30/h1-24H,35-36H2/b17-15-,18-16-. The highest BCUT2D eigenvalue weighted by Gasteiger charge is 2.04. The van der Waals surface area contributed by atoms with Crippen molar-refractivity contribution in [3.8, 4) is 23.0 Å². The fourth-order valence-electron chi connectivity index (χ4n) is 3.82. The predicted molar refractivity (Wildman–Crippen MR) is 159 cm³/mol. The lowest BCUT2D eigenvalue weighted by molar-refractivity contribution is 0.484. The molecule has 5 aromatic carbocycles. The molecular weight excluding hydrogens is 468 g/mol. The van der Waals surface area contributed by atoms with Gasteiger partial charge in [-0.2, -0.15) is 0 Å². The van der Waals surface area contributed by atoms with Crippen LogP contribution >= 0.6 is 0 Å². The molecule has 0 heterocycles. The Kier molecular flexibility index (Phi) is 7.52. The number of anilines is 2. The summed E-state index contributed by atoms with van der Waals surface area (Å²) in [6.07, 6.45) is 8.23. The third-order valence-electron chi connectivity index (χ3n) is 5.89. The van der Waals surface area contributed by atoms with Gasteiger partial charge < -0.3 is 20.9 Å². The normalized spacial score (nSPS) is 11.2. The van der Waals surface area contributed by atoms with Crippen LogP contribution < -0.4 is 20.9 Å². The molecule has 0 spiro atoms. The summed E-state index contributed by atoms with van der Waals surface area (Å²) in [5, 5.41) is 0. The van der Waals surface area contributed by atoms with Gasteiger partial charge in [-0.3, -0.25) is 0 Å². The van der Waals surface area contributed by atoms with Crippen LogP contribution in [0, 0.1) is 0 Å². The minimum atomic E-state index is 0.599. The minimum absolute atomic E-state index is 0.599. The second-order valence-corrected chi connectivity index (χ2v) is 8.76. The van der Waals surface area contributed by atoms with Crippen LogP contribution in [0.5, 0.6) is 23.0 Å². The molecule has 0 saturated heterocycles. The van der Waals surface area contributed by atoms with E-state index in [-0.39, 0.29) is 0 Å². The van der Waals surface area contributed by atoms with Gasteiger partial charge in [0, 0.05) is 0 Å². The van der Waals surface area contributed by atoms with E-state index >= 15 is 0 Å². The molecule has 0 fully saturated rings. The first-order valence-corrected chi connectivity index (χ1v) is 12.3. The Balaban J connectivity index is 1.24. The number of para-hydroxylation sites is 2. The van der Waals surface area contributed by atoms with Gasteiger partial charge >= 0.3 is 0 Å². The lowest BCUT2D eigenvalue weighted by Gasteiger charge is -2.09. The number of hydrogen-bond acceptors (Lipinski definition) is 4. The van der Waals surface area contributed by atoms with Gasteiger partial charge in [0.1, 0.15) is 11.5 Å². The van der Waals surface area contributed by atoms with Gasteiger partial charge in [0.2, 0.25) is 0 Å². The molecule has 186 valence electrons. The van der Waals surface area contributed by atoms with Crippen molar-refractivity contribution >= 4 is 35.7 Å². The largest absolute Gasteiger partial charge is 0.455 e. The van der Waals surface area contributed by atoms with E-state index in [1.54, 1.807) is 0 Å². The predicted octanol–water partition coefficient (Wildman–Crippen LogP) is 8.78. The molecule has 0 radical (unpaired) electrons. The van der Waals surface area contributed by atoms with Crippen LogP contribution in [0.25, 0.3) is 24.3 Å². The first-order chi connectivity index (χ1) is 18.6. The summed E-state index contributed by atoms with van der Waals surface area (Å²) < 4.78 is 11.9. The van der Waals surface area contributed by atoms with Crippen molar-refractivity contribution < 1.29 is 9.47 Å². The molecule has 4 heteroatoms. The first-order valence-electron chi connectivity index (χ1n) is 12.3. The van der Waals surface area contributed by atoms with Crippen LogP contribution in [-0.2, 0) is 0 Å². The van der Waals surface area contributed by atoms with Gasteiger partial charge in [-0.25, -0.2) is 0 Å². The van der Waals surface area contributed by atoms with Crippen molar-refractivity contribution in [2.24, 2.45) is 0 Å². The molecule has 0 aromatic heterocycles. The number of nitrogens with two attached hydrogens (primary N) is 2. The van der Waals surface area contributed by atoms with Crippen molar-refractivity contribution in [1.29, 1.82) is 0 Å². The number of nitrogen functional groups attached to an aromatic ring is 2. The number of ether oxygens (including phenoxy) is 2. The van der Waals surface area contributed by atoms with E-state index in [1.165, 1.54) is 0 Å². The van der Waals surface area contributed by atoms with Crippen LogP contribution in [-0.4, -0.2) is 0 Å². The van der Waals surface area contributed by atoms with Crippen LogP contribution in [0.4, 0.5) is 11.4 Å². The van der Waals surface area contributed by atoms with Crippen LogP contribution in [0.3, 0.4) is 0 Å². The molecule has 0 saturated carbocycles. The molecule has 0 aliphatic heterocycles. The fourth-order valence-corrected chi connectivity index (χ4v) is 3.82. The average molecular weight is 497 g/mol. The highest BCUT2D eigenvalue weighted by molar-refractivity contribution is 5.75. The van der Waals surface area contributed by atoms with Gasteiger partial charge in [0.25, 0.3) is 0 Å². The molecule has 0 amide bonds. The molecular formula is C34H28N2O2. The highest BCUT2D eigenvalue weighted by Crippen LogP contribution is 2.30. The lowest BCUT2D eigenvalue weighted by Crippen LogP contribution is -1.92. The summed E-state index contributed by atoms with van der Waals surface area (Å²) in [5.74, 6) is 2.78. The Morgan fingerprint density at radius 3 is 1.13 bits per heavy atom. The lowest BCUT2D eigenvalue weighted by atomic mass is 10.1. The molecule has 4 N–H and O–H groups in total. The molecule has 4 nitrogen and oxygen atoms in total. The molecule has 0 unspecified atom stereocenters. The van der Waals surface area contributed by atoms with E-state index in [0.29, 0.717) is 22.9 Å². The molecule has 0 aliphatic carbocycles. The van der Waals surface area contributed by atoms with Crippen molar-refractivity contribution in [1.82, 2.24) is 0 Å². The second kappa shape index (κ2) is 11.7. The summed E-state index contributed by atoms with van der Waals surface area (Å²) in [4.78, 5) is 0. The number of benzene rings is 5. The van der Waals surface area contributed by atoms with Crippen LogP contribution in [0.15, 0.2) is 121 Å².